The molecular formula is C15H16B2O4. The summed E-state index contributed by atoms with van der Waals surface area (Å²) in [5.41, 5.74) is 4.63. The van der Waals surface area contributed by atoms with E-state index in [1.807, 2.05) is 12.1 Å². The predicted octanol–water partition coefficient (Wildman–Crippen LogP) is -0.648. The van der Waals surface area contributed by atoms with Crippen molar-refractivity contribution in [1.82, 2.24) is 0 Å². The highest BCUT2D eigenvalue weighted by Crippen LogP contribution is 2.47. The molecular weight excluding hydrogens is 266 g/mol. The van der Waals surface area contributed by atoms with E-state index in [0.29, 0.717) is 10.9 Å². The first kappa shape index (κ1) is 14.4. The van der Waals surface area contributed by atoms with E-state index in [2.05, 4.69) is 13.8 Å². The van der Waals surface area contributed by atoms with Gasteiger partial charge in [-0.3, -0.25) is 0 Å². The van der Waals surface area contributed by atoms with Crippen molar-refractivity contribution in [3.05, 3.63) is 47.5 Å². The molecule has 0 saturated carbocycles. The summed E-state index contributed by atoms with van der Waals surface area (Å²) in [4.78, 5) is 0. The molecule has 0 fully saturated rings. The molecule has 0 aromatic heterocycles. The molecule has 0 amide bonds. The highest BCUT2D eigenvalue weighted by Gasteiger charge is 2.36. The zero-order valence-corrected chi connectivity index (χ0v) is 11.9. The topological polar surface area (TPSA) is 80.9 Å². The molecule has 21 heavy (non-hydrogen) atoms. The highest BCUT2D eigenvalue weighted by molar-refractivity contribution is 6.59. The highest BCUT2D eigenvalue weighted by atomic mass is 16.4. The van der Waals surface area contributed by atoms with Crippen molar-refractivity contribution in [3.8, 4) is 11.1 Å². The first-order valence-corrected chi connectivity index (χ1v) is 6.84. The van der Waals surface area contributed by atoms with E-state index in [4.69, 9.17) is 0 Å². The lowest BCUT2D eigenvalue weighted by Crippen LogP contribution is -2.30. The summed E-state index contributed by atoms with van der Waals surface area (Å²) in [5.74, 6) is 0. The van der Waals surface area contributed by atoms with Crippen molar-refractivity contribution in [1.29, 1.82) is 0 Å². The van der Waals surface area contributed by atoms with Crippen molar-refractivity contribution in [2.75, 3.05) is 0 Å². The van der Waals surface area contributed by atoms with E-state index < -0.39 is 14.2 Å². The van der Waals surface area contributed by atoms with Gasteiger partial charge in [-0.15, -0.1) is 0 Å². The van der Waals surface area contributed by atoms with E-state index in [1.165, 1.54) is 0 Å². The maximum Gasteiger partial charge on any atom is 0.488 e. The van der Waals surface area contributed by atoms with Crippen molar-refractivity contribution >= 4 is 25.2 Å². The Morgan fingerprint density at radius 3 is 1.43 bits per heavy atom. The SMILES string of the molecule is CC1(C)c2ccc(B(O)O)cc2-c2cc(B(O)O)ccc21. The van der Waals surface area contributed by atoms with Gasteiger partial charge in [0.05, 0.1) is 0 Å². The molecule has 0 saturated heterocycles. The fourth-order valence-electron chi connectivity index (χ4n) is 3.13. The second kappa shape index (κ2) is 4.71. The van der Waals surface area contributed by atoms with Gasteiger partial charge in [-0.05, 0) is 33.2 Å². The number of benzene rings is 2. The van der Waals surface area contributed by atoms with Crippen molar-refractivity contribution in [3.63, 3.8) is 0 Å². The summed E-state index contributed by atoms with van der Waals surface area (Å²) < 4.78 is 0. The third-order valence-electron chi connectivity index (χ3n) is 4.32. The van der Waals surface area contributed by atoms with Crippen molar-refractivity contribution < 1.29 is 20.1 Å². The molecule has 0 unspecified atom stereocenters. The van der Waals surface area contributed by atoms with Gasteiger partial charge in [0.15, 0.2) is 0 Å². The van der Waals surface area contributed by atoms with Gasteiger partial charge in [0.2, 0.25) is 0 Å². The lowest BCUT2D eigenvalue weighted by atomic mass is 9.76. The van der Waals surface area contributed by atoms with Gasteiger partial charge in [0.25, 0.3) is 0 Å². The zero-order valence-electron chi connectivity index (χ0n) is 11.9. The Hall–Kier alpha value is -1.59. The third-order valence-corrected chi connectivity index (χ3v) is 4.32. The molecule has 2 aromatic carbocycles. The van der Waals surface area contributed by atoms with Crippen LogP contribution in [-0.4, -0.2) is 34.3 Å². The van der Waals surface area contributed by atoms with Crippen LogP contribution in [-0.2, 0) is 5.41 Å². The smallest absolute Gasteiger partial charge is 0.423 e. The Balaban J connectivity index is 2.26. The fraction of sp³-hybridized carbons (Fsp3) is 0.200. The standard InChI is InChI=1S/C15H16B2O4/c1-15(2)13-5-3-9(16(18)19)7-11(13)12-8-10(17(20)21)4-6-14(12)15/h3-8,18-21H,1-2H3. The van der Waals surface area contributed by atoms with E-state index in [0.717, 1.165) is 22.3 Å². The van der Waals surface area contributed by atoms with E-state index >= 15 is 0 Å². The third kappa shape index (κ3) is 2.12. The molecule has 2 aromatic rings. The molecule has 0 radical (unpaired) electrons. The lowest BCUT2D eigenvalue weighted by molar-refractivity contribution is 0.424. The minimum atomic E-state index is -1.52. The van der Waals surface area contributed by atoms with Gasteiger partial charge < -0.3 is 20.1 Å². The van der Waals surface area contributed by atoms with Gasteiger partial charge >= 0.3 is 14.2 Å². The van der Waals surface area contributed by atoms with Crippen molar-refractivity contribution in [2.24, 2.45) is 0 Å². The molecule has 106 valence electrons. The molecule has 0 aliphatic heterocycles. The summed E-state index contributed by atoms with van der Waals surface area (Å²) in [7, 11) is -3.04. The Labute approximate surface area is 124 Å². The first-order valence-electron chi connectivity index (χ1n) is 6.84. The number of hydrogen-bond donors (Lipinski definition) is 4. The second-order valence-electron chi connectivity index (χ2n) is 5.98. The summed E-state index contributed by atoms with van der Waals surface area (Å²) in [6, 6.07) is 10.7. The largest absolute Gasteiger partial charge is 0.488 e. The van der Waals surface area contributed by atoms with E-state index in [1.54, 1.807) is 24.3 Å². The van der Waals surface area contributed by atoms with Crippen LogP contribution in [0.4, 0.5) is 0 Å². The summed E-state index contributed by atoms with van der Waals surface area (Å²) >= 11 is 0. The van der Waals surface area contributed by atoms with Gasteiger partial charge in [-0.2, -0.15) is 0 Å². The molecule has 0 spiro atoms. The summed E-state index contributed by atoms with van der Waals surface area (Å²) in [6.45, 7) is 4.20. The molecule has 0 bridgehead atoms. The Morgan fingerprint density at radius 1 is 0.714 bits per heavy atom. The average molecular weight is 282 g/mol. The average Bonchev–Trinajstić information content (AvgIpc) is 2.67. The van der Waals surface area contributed by atoms with Crippen LogP contribution in [0.2, 0.25) is 0 Å². The van der Waals surface area contributed by atoms with Crippen LogP contribution in [0.3, 0.4) is 0 Å². The Bertz CT molecular complexity index is 651. The molecule has 0 atom stereocenters. The van der Waals surface area contributed by atoms with Crippen LogP contribution in [0.1, 0.15) is 25.0 Å². The van der Waals surface area contributed by atoms with Crippen LogP contribution < -0.4 is 10.9 Å². The molecule has 1 aliphatic rings. The lowest BCUT2D eigenvalue weighted by Gasteiger charge is -2.21. The maximum absolute atomic E-state index is 9.35. The maximum atomic E-state index is 9.35. The van der Waals surface area contributed by atoms with Crippen LogP contribution in [0, 0.1) is 0 Å². The number of rotatable bonds is 2. The van der Waals surface area contributed by atoms with Crippen molar-refractivity contribution in [2.45, 2.75) is 19.3 Å². The van der Waals surface area contributed by atoms with Gasteiger partial charge in [-0.1, -0.05) is 50.2 Å². The minimum Gasteiger partial charge on any atom is -0.423 e. The van der Waals surface area contributed by atoms with Crippen LogP contribution >= 0.6 is 0 Å². The fourth-order valence-corrected chi connectivity index (χ4v) is 3.13. The molecule has 1 aliphatic carbocycles. The Kier molecular flexibility index (Phi) is 3.22. The molecule has 3 rings (SSSR count). The summed E-state index contributed by atoms with van der Waals surface area (Å²) in [6.07, 6.45) is 0. The van der Waals surface area contributed by atoms with Gasteiger partial charge in [0.1, 0.15) is 0 Å². The van der Waals surface area contributed by atoms with Crippen LogP contribution in [0.15, 0.2) is 36.4 Å². The zero-order chi connectivity index (χ0) is 15.4. The van der Waals surface area contributed by atoms with Crippen LogP contribution in [0.25, 0.3) is 11.1 Å². The predicted molar refractivity (Wildman–Crippen MR) is 83.7 cm³/mol. The monoisotopic (exact) mass is 282 g/mol. The molecule has 6 heteroatoms. The molecule has 0 heterocycles. The quantitative estimate of drug-likeness (QED) is 0.552. The number of hydrogen-bond acceptors (Lipinski definition) is 4. The first-order chi connectivity index (χ1) is 9.82. The minimum absolute atomic E-state index is 0.206. The second-order valence-corrected chi connectivity index (χ2v) is 5.98. The van der Waals surface area contributed by atoms with E-state index in [-0.39, 0.29) is 5.41 Å². The van der Waals surface area contributed by atoms with Crippen LogP contribution in [0.5, 0.6) is 0 Å². The number of fused-ring (bicyclic) bond motifs is 3. The van der Waals surface area contributed by atoms with E-state index in [9.17, 15) is 20.1 Å². The molecule has 4 N–H and O–H groups in total. The van der Waals surface area contributed by atoms with Gasteiger partial charge in [0, 0.05) is 5.41 Å². The van der Waals surface area contributed by atoms with Gasteiger partial charge in [-0.25, -0.2) is 0 Å². The normalized spacial score (nSPS) is 14.6. The Morgan fingerprint density at radius 2 is 1.10 bits per heavy atom. The summed E-state index contributed by atoms with van der Waals surface area (Å²) in [5, 5.41) is 37.4. The molecule has 4 nitrogen and oxygen atoms in total.